The Kier molecular flexibility index (Phi) is 5.89. The van der Waals surface area contributed by atoms with Gasteiger partial charge in [-0.05, 0) is 60.7 Å². The molecule has 0 aliphatic carbocycles. The molecule has 2 nitrogen and oxygen atoms in total. The van der Waals surface area contributed by atoms with Gasteiger partial charge in [-0.3, -0.25) is 0 Å². The largest absolute Gasteiger partial charge is 0.368 e. The van der Waals surface area contributed by atoms with E-state index in [-0.39, 0.29) is 0 Å². The number of nitrogens with one attached hydrogen (secondary N) is 2. The van der Waals surface area contributed by atoms with E-state index < -0.39 is 0 Å². The third kappa shape index (κ3) is 5.23. The zero-order valence-electron chi connectivity index (χ0n) is 10.7. The van der Waals surface area contributed by atoms with Gasteiger partial charge >= 0.3 is 0 Å². The van der Waals surface area contributed by atoms with E-state index in [0.29, 0.717) is 0 Å². The molecule has 2 N–H and O–H groups in total. The molecular formula is C16H14Br2N2. The summed E-state index contributed by atoms with van der Waals surface area (Å²) in [5.41, 5.74) is 2.17. The normalized spacial score (nSPS) is 9.50. The first kappa shape index (κ1) is 14.9. The predicted molar refractivity (Wildman–Crippen MR) is 92.4 cm³/mol. The lowest BCUT2D eigenvalue weighted by molar-refractivity contribution is 1.42. The number of aromatic amines is 1. The molecule has 2 aromatic carbocycles. The summed E-state index contributed by atoms with van der Waals surface area (Å²) in [4.78, 5) is 2.86. The zero-order chi connectivity index (χ0) is 14.2. The molecule has 3 aromatic rings. The Balaban J connectivity index is 0.000000247. The number of hydrogen-bond donors (Lipinski definition) is 2. The van der Waals surface area contributed by atoms with E-state index in [1.807, 2.05) is 73.1 Å². The highest BCUT2D eigenvalue weighted by Gasteiger charge is 1.94. The van der Waals surface area contributed by atoms with Crippen LogP contribution in [0.3, 0.4) is 0 Å². The van der Waals surface area contributed by atoms with Crippen LogP contribution in [0.25, 0.3) is 0 Å². The van der Waals surface area contributed by atoms with Gasteiger partial charge in [0.15, 0.2) is 0 Å². The average molecular weight is 394 g/mol. The molecule has 0 bridgehead atoms. The second-order valence-corrected chi connectivity index (χ2v) is 5.86. The molecule has 0 aliphatic heterocycles. The van der Waals surface area contributed by atoms with Crippen LogP contribution in [-0.2, 0) is 0 Å². The van der Waals surface area contributed by atoms with Crippen molar-refractivity contribution in [1.29, 1.82) is 0 Å². The third-order valence-electron chi connectivity index (χ3n) is 2.47. The van der Waals surface area contributed by atoms with Gasteiger partial charge in [-0.1, -0.05) is 31.9 Å². The highest BCUT2D eigenvalue weighted by atomic mass is 79.9. The van der Waals surface area contributed by atoms with Crippen LogP contribution >= 0.6 is 31.9 Å². The van der Waals surface area contributed by atoms with Crippen LogP contribution < -0.4 is 5.32 Å². The standard InChI is InChI=1S/C12H9Br2N.C4H5N/c13-9-1-5-11(6-2-9)15-12-7-3-10(14)4-8-12;1-2-4-5-3-1/h1-8,15H;1-5H. The molecule has 3 rings (SSSR count). The number of H-pyrrole nitrogens is 1. The quantitative estimate of drug-likeness (QED) is 0.551. The number of aromatic nitrogens is 1. The van der Waals surface area contributed by atoms with E-state index in [2.05, 4.69) is 42.2 Å². The molecule has 0 spiro atoms. The highest BCUT2D eigenvalue weighted by molar-refractivity contribution is 9.10. The van der Waals surface area contributed by atoms with Gasteiger partial charge in [-0.25, -0.2) is 0 Å². The van der Waals surface area contributed by atoms with Crippen molar-refractivity contribution < 1.29 is 0 Å². The molecule has 0 radical (unpaired) electrons. The van der Waals surface area contributed by atoms with Crippen LogP contribution in [0.15, 0.2) is 82.0 Å². The molecular weight excluding hydrogens is 380 g/mol. The maximum absolute atomic E-state index is 3.41. The summed E-state index contributed by atoms with van der Waals surface area (Å²) in [6.07, 6.45) is 3.75. The van der Waals surface area contributed by atoms with Gasteiger partial charge in [0.2, 0.25) is 0 Å². The number of hydrogen-bond acceptors (Lipinski definition) is 1. The molecule has 0 atom stereocenters. The SMILES string of the molecule is Brc1ccc(Nc2ccc(Br)cc2)cc1.c1cc[nH]c1. The Morgan fingerprint density at radius 3 is 1.35 bits per heavy atom. The molecule has 4 heteroatoms. The van der Waals surface area contributed by atoms with Gasteiger partial charge in [0.1, 0.15) is 0 Å². The van der Waals surface area contributed by atoms with Gasteiger partial charge in [-0.15, -0.1) is 0 Å². The molecule has 102 valence electrons. The smallest absolute Gasteiger partial charge is 0.0384 e. The van der Waals surface area contributed by atoms with Gasteiger partial charge in [0.05, 0.1) is 0 Å². The second kappa shape index (κ2) is 7.92. The number of benzene rings is 2. The second-order valence-electron chi connectivity index (χ2n) is 4.02. The Hall–Kier alpha value is -1.52. The van der Waals surface area contributed by atoms with E-state index in [1.54, 1.807) is 0 Å². The van der Waals surface area contributed by atoms with Crippen molar-refractivity contribution in [2.24, 2.45) is 0 Å². The van der Waals surface area contributed by atoms with E-state index in [1.165, 1.54) is 0 Å². The predicted octanol–water partition coefficient (Wildman–Crippen LogP) is 5.97. The molecule has 0 saturated heterocycles. The van der Waals surface area contributed by atoms with E-state index in [4.69, 9.17) is 0 Å². The maximum atomic E-state index is 3.41. The Morgan fingerprint density at radius 2 is 1.05 bits per heavy atom. The first-order valence-corrected chi connectivity index (χ1v) is 7.68. The van der Waals surface area contributed by atoms with Crippen LogP contribution in [0.1, 0.15) is 0 Å². The van der Waals surface area contributed by atoms with Crippen LogP contribution in [0.5, 0.6) is 0 Å². The zero-order valence-corrected chi connectivity index (χ0v) is 13.9. The van der Waals surface area contributed by atoms with Crippen molar-refractivity contribution in [3.63, 3.8) is 0 Å². The van der Waals surface area contributed by atoms with Gasteiger partial charge < -0.3 is 10.3 Å². The van der Waals surface area contributed by atoms with Crippen molar-refractivity contribution in [1.82, 2.24) is 4.98 Å². The van der Waals surface area contributed by atoms with Crippen molar-refractivity contribution >= 4 is 43.2 Å². The molecule has 0 aliphatic rings. The maximum Gasteiger partial charge on any atom is 0.0384 e. The molecule has 0 unspecified atom stereocenters. The lowest BCUT2D eigenvalue weighted by Crippen LogP contribution is -1.88. The summed E-state index contributed by atoms with van der Waals surface area (Å²) in [5.74, 6) is 0. The number of halogens is 2. The monoisotopic (exact) mass is 392 g/mol. The lowest BCUT2D eigenvalue weighted by Gasteiger charge is -2.06. The Labute approximate surface area is 135 Å². The molecule has 0 amide bonds. The van der Waals surface area contributed by atoms with Crippen molar-refractivity contribution in [3.8, 4) is 0 Å². The van der Waals surface area contributed by atoms with E-state index in [9.17, 15) is 0 Å². The van der Waals surface area contributed by atoms with Crippen molar-refractivity contribution in [2.45, 2.75) is 0 Å². The fourth-order valence-electron chi connectivity index (χ4n) is 1.51. The van der Waals surface area contributed by atoms with Crippen molar-refractivity contribution in [2.75, 3.05) is 5.32 Å². The van der Waals surface area contributed by atoms with E-state index >= 15 is 0 Å². The molecule has 0 fully saturated rings. The number of anilines is 2. The van der Waals surface area contributed by atoms with E-state index in [0.717, 1.165) is 20.3 Å². The molecule has 1 heterocycles. The highest BCUT2D eigenvalue weighted by Crippen LogP contribution is 2.20. The fourth-order valence-corrected chi connectivity index (χ4v) is 2.04. The first-order chi connectivity index (χ1) is 9.74. The molecule has 1 aromatic heterocycles. The molecule has 0 saturated carbocycles. The van der Waals surface area contributed by atoms with Gasteiger partial charge in [-0.2, -0.15) is 0 Å². The minimum atomic E-state index is 1.08. The van der Waals surface area contributed by atoms with Crippen LogP contribution in [0.2, 0.25) is 0 Å². The first-order valence-electron chi connectivity index (χ1n) is 6.10. The van der Waals surface area contributed by atoms with Crippen LogP contribution in [-0.4, -0.2) is 4.98 Å². The van der Waals surface area contributed by atoms with Crippen LogP contribution in [0.4, 0.5) is 11.4 Å². The fraction of sp³-hybridized carbons (Fsp3) is 0. The summed E-state index contributed by atoms with van der Waals surface area (Å²) < 4.78 is 2.17. The average Bonchev–Trinajstić information content (AvgIpc) is 3.03. The summed E-state index contributed by atoms with van der Waals surface area (Å²) in [6.45, 7) is 0. The summed E-state index contributed by atoms with van der Waals surface area (Å²) in [7, 11) is 0. The third-order valence-corrected chi connectivity index (χ3v) is 3.53. The Morgan fingerprint density at radius 1 is 0.650 bits per heavy atom. The summed E-state index contributed by atoms with van der Waals surface area (Å²) in [6, 6.07) is 20.1. The molecule has 20 heavy (non-hydrogen) atoms. The Bertz CT molecular complexity index is 541. The number of rotatable bonds is 2. The minimum Gasteiger partial charge on any atom is -0.368 e. The van der Waals surface area contributed by atoms with Gasteiger partial charge in [0.25, 0.3) is 0 Å². The lowest BCUT2D eigenvalue weighted by atomic mass is 10.3. The topological polar surface area (TPSA) is 27.8 Å². The van der Waals surface area contributed by atoms with Crippen molar-refractivity contribution in [3.05, 3.63) is 82.0 Å². The summed E-state index contributed by atoms with van der Waals surface area (Å²) >= 11 is 6.81. The summed E-state index contributed by atoms with van der Waals surface area (Å²) in [5, 5.41) is 3.32. The minimum absolute atomic E-state index is 1.08. The van der Waals surface area contributed by atoms with Crippen LogP contribution in [0, 0.1) is 0 Å². The van der Waals surface area contributed by atoms with Gasteiger partial charge in [0, 0.05) is 32.7 Å².